The van der Waals surface area contributed by atoms with E-state index in [0.717, 1.165) is 5.39 Å². The lowest BCUT2D eigenvalue weighted by atomic mass is 9.57. The molecule has 0 radical (unpaired) electrons. The summed E-state index contributed by atoms with van der Waals surface area (Å²) >= 11 is 0. The van der Waals surface area contributed by atoms with Crippen LogP contribution >= 0.6 is 0 Å². The number of carbonyl (C=O) groups excluding carboxylic acids is 1. The van der Waals surface area contributed by atoms with E-state index in [1.165, 1.54) is 6.92 Å². The predicted octanol–water partition coefficient (Wildman–Crippen LogP) is 4.43. The van der Waals surface area contributed by atoms with Gasteiger partial charge in [0.15, 0.2) is 5.60 Å². The van der Waals surface area contributed by atoms with Gasteiger partial charge in [-0.05, 0) is 23.6 Å². The zero-order valence-corrected chi connectivity index (χ0v) is 17.1. The molecule has 2 fully saturated rings. The Labute approximate surface area is 164 Å². The molecule has 1 N–H and O–H groups in total. The first-order chi connectivity index (χ1) is 13.0. The van der Waals surface area contributed by atoms with E-state index in [0.29, 0.717) is 23.3 Å². The van der Waals surface area contributed by atoms with Crippen molar-refractivity contribution in [2.24, 2.45) is 10.8 Å². The summed E-state index contributed by atoms with van der Waals surface area (Å²) < 4.78 is 11.5. The Kier molecular flexibility index (Phi) is 3.90. The molecule has 0 bridgehead atoms. The molecular weight excluding hydrogens is 360 g/mol. The summed E-state index contributed by atoms with van der Waals surface area (Å²) in [5, 5.41) is 12.4. The Bertz CT molecular complexity index is 973. The highest BCUT2D eigenvalue weighted by molar-refractivity contribution is 5.92. The smallest absolute Gasteiger partial charge is 0.308 e. The van der Waals surface area contributed by atoms with Crippen LogP contribution in [0.15, 0.2) is 30.3 Å². The maximum Gasteiger partial charge on any atom is 0.308 e. The third kappa shape index (κ3) is 2.22. The van der Waals surface area contributed by atoms with Crippen LogP contribution in [-0.4, -0.2) is 23.3 Å². The molecule has 2 heterocycles. The Morgan fingerprint density at radius 2 is 1.89 bits per heavy atom. The highest BCUT2D eigenvalue weighted by atomic mass is 17.3. The van der Waals surface area contributed by atoms with Crippen molar-refractivity contribution < 1.29 is 29.1 Å². The van der Waals surface area contributed by atoms with Crippen LogP contribution in [0, 0.1) is 10.8 Å². The molecule has 2 saturated heterocycles. The largest absolute Gasteiger partial charge is 0.507 e. The summed E-state index contributed by atoms with van der Waals surface area (Å²) in [6.45, 7) is 12.2. The van der Waals surface area contributed by atoms with Gasteiger partial charge in [0.05, 0.1) is 12.2 Å². The average Bonchev–Trinajstić information content (AvgIpc) is 2.69. The summed E-state index contributed by atoms with van der Waals surface area (Å²) in [6.07, 6.45) is 0. The molecule has 2 unspecified atom stereocenters. The summed E-state index contributed by atoms with van der Waals surface area (Å²) in [4.78, 5) is 22.9. The first kappa shape index (κ1) is 19.2. The number of rotatable bonds is 2. The summed E-state index contributed by atoms with van der Waals surface area (Å²) in [5.41, 5.74) is -0.950. The van der Waals surface area contributed by atoms with Crippen molar-refractivity contribution >= 4 is 16.7 Å². The van der Waals surface area contributed by atoms with E-state index >= 15 is 0 Å². The third-order valence-electron chi connectivity index (χ3n) is 5.96. The normalized spacial score (nSPS) is 28.6. The van der Waals surface area contributed by atoms with Gasteiger partial charge in [-0.1, -0.05) is 46.8 Å². The molecule has 6 heteroatoms. The molecule has 2 atom stereocenters. The van der Waals surface area contributed by atoms with Crippen molar-refractivity contribution in [3.63, 3.8) is 0 Å². The number of fused-ring (bicyclic) bond motifs is 2. The maximum atomic E-state index is 11.4. The number of phenols is 1. The number of hydrogen-bond donors (Lipinski definition) is 1. The lowest BCUT2D eigenvalue weighted by molar-refractivity contribution is -0.626. The molecule has 28 heavy (non-hydrogen) atoms. The van der Waals surface area contributed by atoms with Crippen LogP contribution in [-0.2, 0) is 25.1 Å². The van der Waals surface area contributed by atoms with Gasteiger partial charge in [0, 0.05) is 23.1 Å². The Morgan fingerprint density at radius 1 is 1.18 bits per heavy atom. The van der Waals surface area contributed by atoms with Crippen LogP contribution in [0.2, 0.25) is 0 Å². The van der Waals surface area contributed by atoms with Crippen molar-refractivity contribution in [3.8, 4) is 11.5 Å². The van der Waals surface area contributed by atoms with Gasteiger partial charge in [-0.25, -0.2) is 4.89 Å². The molecule has 0 aliphatic carbocycles. The van der Waals surface area contributed by atoms with Gasteiger partial charge in [0.1, 0.15) is 11.5 Å². The van der Waals surface area contributed by atoms with Crippen LogP contribution in [0.3, 0.4) is 0 Å². The van der Waals surface area contributed by atoms with Gasteiger partial charge in [-0.15, -0.1) is 0 Å². The quantitative estimate of drug-likeness (QED) is 0.468. The van der Waals surface area contributed by atoms with Crippen molar-refractivity contribution in [2.45, 2.75) is 52.9 Å². The van der Waals surface area contributed by atoms with E-state index in [1.54, 1.807) is 18.2 Å². The van der Waals surface area contributed by atoms with Crippen molar-refractivity contribution in [3.05, 3.63) is 35.9 Å². The second-order valence-electron chi connectivity index (χ2n) is 9.33. The van der Waals surface area contributed by atoms with E-state index in [1.807, 2.05) is 12.1 Å². The Balaban J connectivity index is 1.93. The van der Waals surface area contributed by atoms with Crippen molar-refractivity contribution in [1.82, 2.24) is 0 Å². The first-order valence-electron chi connectivity index (χ1n) is 9.41. The second-order valence-corrected chi connectivity index (χ2v) is 9.33. The summed E-state index contributed by atoms with van der Waals surface area (Å²) in [7, 11) is 0. The fourth-order valence-corrected chi connectivity index (χ4v) is 5.01. The van der Waals surface area contributed by atoms with Gasteiger partial charge >= 0.3 is 5.97 Å². The van der Waals surface area contributed by atoms with Crippen LogP contribution < -0.4 is 4.74 Å². The average molecular weight is 386 g/mol. The molecule has 2 aromatic rings. The molecule has 2 aliphatic heterocycles. The lowest BCUT2D eigenvalue weighted by Crippen LogP contribution is -2.73. The number of esters is 1. The molecule has 0 saturated carbocycles. The fourth-order valence-electron chi connectivity index (χ4n) is 5.01. The fraction of sp³-hybridized carbons (Fsp3) is 0.500. The monoisotopic (exact) mass is 386 g/mol. The summed E-state index contributed by atoms with van der Waals surface area (Å²) in [6, 6.07) is 8.79. The van der Waals surface area contributed by atoms with Gasteiger partial charge in [0.2, 0.25) is 0 Å². The Hall–Kier alpha value is -2.15. The van der Waals surface area contributed by atoms with E-state index in [9.17, 15) is 9.90 Å². The molecule has 4 rings (SSSR count). The van der Waals surface area contributed by atoms with Gasteiger partial charge in [0.25, 0.3) is 5.79 Å². The maximum absolute atomic E-state index is 11.4. The second kappa shape index (κ2) is 5.69. The standard InChI is InChI=1S/C22H26O6/c1-13(23)26-18-9-7-8-14-10-16(17(24)11-15(14)18)21-22(28-27-21,19(2,3)4)20(5,6)12-25-21/h7-11,24H,12H2,1-6H3. The zero-order chi connectivity index (χ0) is 20.5. The van der Waals surface area contributed by atoms with Crippen molar-refractivity contribution in [2.75, 3.05) is 6.61 Å². The molecule has 150 valence electrons. The highest BCUT2D eigenvalue weighted by Gasteiger charge is 2.81. The van der Waals surface area contributed by atoms with E-state index in [2.05, 4.69) is 34.6 Å². The number of phenolic OH excluding ortho intramolecular Hbond substituents is 1. The molecule has 2 aromatic carbocycles. The van der Waals surface area contributed by atoms with Gasteiger partial charge in [-0.2, -0.15) is 4.89 Å². The van der Waals surface area contributed by atoms with Crippen LogP contribution in [0.5, 0.6) is 11.5 Å². The predicted molar refractivity (Wildman–Crippen MR) is 103 cm³/mol. The number of hydrogen-bond acceptors (Lipinski definition) is 6. The third-order valence-corrected chi connectivity index (χ3v) is 5.96. The number of carbonyl (C=O) groups is 1. The lowest BCUT2D eigenvalue weighted by Gasteiger charge is -2.61. The molecule has 0 aromatic heterocycles. The molecular formula is C22H26O6. The minimum Gasteiger partial charge on any atom is -0.507 e. The minimum atomic E-state index is -1.22. The van der Waals surface area contributed by atoms with Gasteiger partial charge in [-0.3, -0.25) is 4.79 Å². The van der Waals surface area contributed by atoms with Crippen molar-refractivity contribution in [1.29, 1.82) is 0 Å². The van der Waals surface area contributed by atoms with Crippen LogP contribution in [0.4, 0.5) is 0 Å². The highest BCUT2D eigenvalue weighted by Crippen LogP contribution is 2.70. The number of benzene rings is 2. The molecule has 0 spiro atoms. The van der Waals surface area contributed by atoms with Crippen LogP contribution in [0.25, 0.3) is 10.8 Å². The minimum absolute atomic E-state index is 0.00160. The number of aromatic hydroxyl groups is 1. The Morgan fingerprint density at radius 3 is 2.46 bits per heavy atom. The number of ether oxygens (including phenoxy) is 2. The first-order valence-corrected chi connectivity index (χ1v) is 9.41. The zero-order valence-electron chi connectivity index (χ0n) is 17.1. The van der Waals surface area contributed by atoms with Gasteiger partial charge < -0.3 is 14.6 Å². The van der Waals surface area contributed by atoms with E-state index < -0.39 is 17.4 Å². The molecule has 6 nitrogen and oxygen atoms in total. The summed E-state index contributed by atoms with van der Waals surface area (Å²) in [5.74, 6) is -1.24. The van der Waals surface area contributed by atoms with E-state index in [4.69, 9.17) is 19.2 Å². The van der Waals surface area contributed by atoms with E-state index in [-0.39, 0.29) is 16.6 Å². The topological polar surface area (TPSA) is 74.2 Å². The SMILES string of the molecule is CC(=O)Oc1cccc2cc(C34OCC(C)(C)C3(C(C)(C)C)OO4)c(O)cc12. The van der Waals surface area contributed by atoms with Crippen LogP contribution in [0.1, 0.15) is 47.1 Å². The molecule has 0 amide bonds. The molecule has 2 aliphatic rings.